The second-order valence-corrected chi connectivity index (χ2v) is 6.10. The monoisotopic (exact) mass is 389 g/mol. The smallest absolute Gasteiger partial charge is 0.351 e. The predicted octanol–water partition coefficient (Wildman–Crippen LogP) is 2.35. The number of methoxy groups -OCH3 is 1. The summed E-state index contributed by atoms with van der Waals surface area (Å²) in [6.07, 6.45) is 0. The van der Waals surface area contributed by atoms with E-state index in [1.54, 1.807) is 19.2 Å². The number of aliphatic hydroxyl groups is 1. The minimum atomic E-state index is -0.317. The molecule has 124 valence electrons. The summed E-state index contributed by atoms with van der Waals surface area (Å²) in [5.74, 6) is 1.03. The number of nitrogens with zero attached hydrogens (tertiary/aromatic N) is 3. The summed E-state index contributed by atoms with van der Waals surface area (Å²) in [7, 11) is 1.59. The molecule has 3 aromatic rings. The molecule has 0 spiro atoms. The van der Waals surface area contributed by atoms with Crippen molar-refractivity contribution in [1.82, 2.24) is 14.3 Å². The Labute approximate surface area is 147 Å². The normalized spacial score (nSPS) is 10.8. The quantitative estimate of drug-likeness (QED) is 0.726. The Kier molecular flexibility index (Phi) is 4.82. The van der Waals surface area contributed by atoms with Gasteiger partial charge < -0.3 is 9.84 Å². The third kappa shape index (κ3) is 3.27. The molecular formula is C17H16BrN3O3. The second-order valence-electron chi connectivity index (χ2n) is 5.18. The maximum atomic E-state index is 12.7. The van der Waals surface area contributed by atoms with Crippen LogP contribution in [0.25, 0.3) is 5.69 Å². The van der Waals surface area contributed by atoms with Gasteiger partial charge >= 0.3 is 5.69 Å². The van der Waals surface area contributed by atoms with Gasteiger partial charge in [0.15, 0.2) is 5.82 Å². The zero-order valence-corrected chi connectivity index (χ0v) is 14.6. The van der Waals surface area contributed by atoms with Crippen LogP contribution in [0.1, 0.15) is 11.4 Å². The lowest BCUT2D eigenvalue weighted by atomic mass is 10.2. The number of benzene rings is 2. The molecule has 1 heterocycles. The highest BCUT2D eigenvalue weighted by Crippen LogP contribution is 2.15. The summed E-state index contributed by atoms with van der Waals surface area (Å²) < 4.78 is 8.86. The number of hydrogen-bond donors (Lipinski definition) is 1. The third-order valence-electron chi connectivity index (χ3n) is 3.63. The number of hydrogen-bond acceptors (Lipinski definition) is 4. The van der Waals surface area contributed by atoms with Crippen molar-refractivity contribution in [3.63, 3.8) is 0 Å². The van der Waals surface area contributed by atoms with Gasteiger partial charge in [0, 0.05) is 4.47 Å². The molecule has 0 fully saturated rings. The highest BCUT2D eigenvalue weighted by molar-refractivity contribution is 9.10. The van der Waals surface area contributed by atoms with Crippen LogP contribution in [0.2, 0.25) is 0 Å². The van der Waals surface area contributed by atoms with Crippen LogP contribution in [-0.4, -0.2) is 26.6 Å². The first-order chi connectivity index (χ1) is 11.6. The Hall–Kier alpha value is -2.38. The predicted molar refractivity (Wildman–Crippen MR) is 93.5 cm³/mol. The van der Waals surface area contributed by atoms with Crippen molar-refractivity contribution in [2.75, 3.05) is 7.11 Å². The Bertz CT molecular complexity index is 900. The first kappa shape index (κ1) is 16.5. The van der Waals surface area contributed by atoms with Crippen LogP contribution in [0, 0.1) is 0 Å². The van der Waals surface area contributed by atoms with Crippen molar-refractivity contribution < 1.29 is 9.84 Å². The maximum Gasteiger partial charge on any atom is 0.351 e. The van der Waals surface area contributed by atoms with Crippen LogP contribution in [-0.2, 0) is 13.2 Å². The Morgan fingerprint density at radius 1 is 1.21 bits per heavy atom. The van der Waals surface area contributed by atoms with E-state index in [0.717, 1.165) is 10.0 Å². The lowest BCUT2D eigenvalue weighted by Crippen LogP contribution is -2.25. The molecule has 1 N–H and O–H groups in total. The van der Waals surface area contributed by atoms with Crippen molar-refractivity contribution in [3.05, 3.63) is 74.9 Å². The van der Waals surface area contributed by atoms with Crippen molar-refractivity contribution >= 4 is 15.9 Å². The van der Waals surface area contributed by atoms with E-state index >= 15 is 0 Å². The summed E-state index contributed by atoms with van der Waals surface area (Å²) in [5.41, 5.74) is 1.23. The Morgan fingerprint density at radius 2 is 1.96 bits per heavy atom. The van der Waals surface area contributed by atoms with Gasteiger partial charge in [-0.1, -0.05) is 28.1 Å². The van der Waals surface area contributed by atoms with Crippen LogP contribution in [0.4, 0.5) is 0 Å². The van der Waals surface area contributed by atoms with Gasteiger partial charge in [-0.05, 0) is 42.0 Å². The van der Waals surface area contributed by atoms with Gasteiger partial charge in [-0.2, -0.15) is 4.68 Å². The topological polar surface area (TPSA) is 69.3 Å². The third-order valence-corrected chi connectivity index (χ3v) is 4.16. The molecule has 6 nitrogen and oxygen atoms in total. The second kappa shape index (κ2) is 7.02. The molecule has 7 heteroatoms. The highest BCUT2D eigenvalue weighted by atomic mass is 79.9. The molecule has 0 radical (unpaired) electrons. The minimum Gasteiger partial charge on any atom is -0.497 e. The van der Waals surface area contributed by atoms with Gasteiger partial charge in [-0.15, -0.1) is 5.10 Å². The molecule has 2 aromatic carbocycles. The molecule has 0 atom stereocenters. The molecular weight excluding hydrogens is 374 g/mol. The van der Waals surface area contributed by atoms with Crippen LogP contribution in [0.3, 0.4) is 0 Å². The average Bonchev–Trinajstić information content (AvgIpc) is 2.92. The molecule has 24 heavy (non-hydrogen) atoms. The van der Waals surface area contributed by atoms with E-state index in [4.69, 9.17) is 4.74 Å². The number of aromatic nitrogens is 3. The van der Waals surface area contributed by atoms with Crippen molar-refractivity contribution in [2.24, 2.45) is 0 Å². The zero-order chi connectivity index (χ0) is 17.1. The molecule has 1 aromatic heterocycles. The standard InChI is InChI=1S/C17H16BrN3O3/c1-24-15-4-2-3-12(9-15)10-20-16(11-22)19-21(17(20)23)14-7-5-13(18)6-8-14/h2-9,22H,10-11H2,1H3. The number of rotatable bonds is 5. The van der Waals surface area contributed by atoms with Crippen LogP contribution >= 0.6 is 15.9 Å². The van der Waals surface area contributed by atoms with E-state index in [1.807, 2.05) is 36.4 Å². The lowest BCUT2D eigenvalue weighted by molar-refractivity contribution is 0.265. The summed E-state index contributed by atoms with van der Waals surface area (Å²) in [5, 5.41) is 13.8. The molecule has 0 aliphatic rings. The first-order valence-electron chi connectivity index (χ1n) is 7.31. The molecule has 0 aliphatic heterocycles. The van der Waals surface area contributed by atoms with E-state index in [9.17, 15) is 9.90 Å². The van der Waals surface area contributed by atoms with Gasteiger partial charge in [0.05, 0.1) is 19.3 Å². The molecule has 0 saturated carbocycles. The molecule has 0 aliphatic carbocycles. The van der Waals surface area contributed by atoms with E-state index in [1.165, 1.54) is 9.25 Å². The molecule has 0 saturated heterocycles. The minimum absolute atomic E-state index is 0.302. The Balaban J connectivity index is 2.01. The van der Waals surface area contributed by atoms with E-state index < -0.39 is 0 Å². The van der Waals surface area contributed by atoms with Gasteiger partial charge in [0.25, 0.3) is 0 Å². The fourth-order valence-electron chi connectivity index (χ4n) is 2.42. The van der Waals surface area contributed by atoms with Crippen molar-refractivity contribution in [1.29, 1.82) is 0 Å². The summed E-state index contributed by atoms with van der Waals surface area (Å²) >= 11 is 3.36. The molecule has 3 rings (SSSR count). The van der Waals surface area contributed by atoms with Gasteiger partial charge in [0.1, 0.15) is 12.4 Å². The fraction of sp³-hybridized carbons (Fsp3) is 0.176. The van der Waals surface area contributed by atoms with Gasteiger partial charge in [-0.25, -0.2) is 4.79 Å². The first-order valence-corrected chi connectivity index (χ1v) is 8.10. The number of aliphatic hydroxyl groups excluding tert-OH is 1. The largest absolute Gasteiger partial charge is 0.497 e. The zero-order valence-electron chi connectivity index (χ0n) is 13.0. The maximum absolute atomic E-state index is 12.7. The molecule has 0 unspecified atom stereocenters. The van der Waals surface area contributed by atoms with E-state index in [0.29, 0.717) is 23.8 Å². The average molecular weight is 390 g/mol. The van der Waals surface area contributed by atoms with Crippen LogP contribution in [0.15, 0.2) is 57.8 Å². The van der Waals surface area contributed by atoms with Crippen molar-refractivity contribution in [3.8, 4) is 11.4 Å². The summed E-state index contributed by atoms with van der Waals surface area (Å²) in [4.78, 5) is 12.7. The fourth-order valence-corrected chi connectivity index (χ4v) is 2.68. The van der Waals surface area contributed by atoms with E-state index in [2.05, 4.69) is 21.0 Å². The van der Waals surface area contributed by atoms with Gasteiger partial charge in [0.2, 0.25) is 0 Å². The SMILES string of the molecule is COc1cccc(Cn2c(CO)nn(-c3ccc(Br)cc3)c2=O)c1. The van der Waals surface area contributed by atoms with Crippen LogP contribution in [0.5, 0.6) is 5.75 Å². The number of ether oxygens (including phenoxy) is 1. The summed E-state index contributed by atoms with van der Waals surface area (Å²) in [6, 6.07) is 14.7. The highest BCUT2D eigenvalue weighted by Gasteiger charge is 2.14. The molecule has 0 bridgehead atoms. The van der Waals surface area contributed by atoms with Crippen LogP contribution < -0.4 is 10.4 Å². The Morgan fingerprint density at radius 3 is 2.62 bits per heavy atom. The number of halogens is 1. The van der Waals surface area contributed by atoms with Gasteiger partial charge in [-0.3, -0.25) is 4.57 Å². The summed E-state index contributed by atoms with van der Waals surface area (Å²) in [6.45, 7) is -0.00874. The lowest BCUT2D eigenvalue weighted by Gasteiger charge is -2.06. The van der Waals surface area contributed by atoms with Crippen molar-refractivity contribution in [2.45, 2.75) is 13.2 Å². The van der Waals surface area contributed by atoms with E-state index in [-0.39, 0.29) is 12.3 Å². The molecule has 0 amide bonds.